The van der Waals surface area contributed by atoms with Crippen molar-refractivity contribution in [2.75, 3.05) is 5.01 Å². The highest BCUT2D eigenvalue weighted by Gasteiger charge is 2.24. The molecule has 1 fully saturated rings. The van der Waals surface area contributed by atoms with E-state index in [0.717, 1.165) is 5.56 Å². The molecule has 26 heavy (non-hydrogen) atoms. The van der Waals surface area contributed by atoms with Crippen molar-refractivity contribution < 1.29 is 14.4 Å². The maximum Gasteiger partial charge on any atom is 0.251 e. The van der Waals surface area contributed by atoms with Gasteiger partial charge in [0, 0.05) is 23.4 Å². The lowest BCUT2D eigenvalue weighted by Crippen LogP contribution is -2.50. The minimum Gasteiger partial charge on any atom is -0.346 e. The lowest BCUT2D eigenvalue weighted by molar-refractivity contribution is -0.130. The van der Waals surface area contributed by atoms with E-state index in [9.17, 15) is 14.4 Å². The number of nitrogens with zero attached hydrogens (tertiary/aromatic N) is 1. The van der Waals surface area contributed by atoms with E-state index in [0.29, 0.717) is 16.3 Å². The van der Waals surface area contributed by atoms with Gasteiger partial charge < -0.3 is 5.32 Å². The molecule has 3 rings (SSSR count). The molecule has 0 radical (unpaired) electrons. The molecule has 1 aliphatic heterocycles. The molecular formula is C19H18ClN3O3. The summed E-state index contributed by atoms with van der Waals surface area (Å²) in [5.74, 6) is -0.629. The third-order valence-electron chi connectivity index (χ3n) is 4.14. The van der Waals surface area contributed by atoms with Crippen LogP contribution in [0.1, 0.15) is 41.7 Å². The Morgan fingerprint density at radius 2 is 1.88 bits per heavy atom. The van der Waals surface area contributed by atoms with Crippen molar-refractivity contribution in [2.24, 2.45) is 0 Å². The number of amides is 3. The third kappa shape index (κ3) is 4.03. The Bertz CT molecular complexity index is 851. The molecule has 2 aromatic carbocycles. The average Bonchev–Trinajstić information content (AvgIpc) is 2.64. The van der Waals surface area contributed by atoms with Gasteiger partial charge >= 0.3 is 0 Å². The Labute approximate surface area is 156 Å². The molecule has 0 spiro atoms. The number of halogens is 1. The quantitative estimate of drug-likeness (QED) is 0.867. The number of nitrogens with one attached hydrogen (secondary N) is 2. The van der Waals surface area contributed by atoms with Crippen LogP contribution in [0.15, 0.2) is 48.5 Å². The number of rotatable bonds is 4. The van der Waals surface area contributed by atoms with Crippen molar-refractivity contribution in [2.45, 2.75) is 25.8 Å². The maximum atomic E-state index is 12.4. The van der Waals surface area contributed by atoms with Gasteiger partial charge in [0.15, 0.2) is 0 Å². The molecule has 1 atom stereocenters. The van der Waals surface area contributed by atoms with Crippen LogP contribution in [-0.2, 0) is 9.59 Å². The number of carbonyl (C=O) groups is 3. The van der Waals surface area contributed by atoms with Gasteiger partial charge in [-0.2, -0.15) is 0 Å². The highest BCUT2D eigenvalue weighted by molar-refractivity contribution is 6.30. The van der Waals surface area contributed by atoms with Crippen molar-refractivity contribution in [3.05, 3.63) is 64.7 Å². The first-order valence-corrected chi connectivity index (χ1v) is 8.60. The molecule has 6 nitrogen and oxygen atoms in total. The molecule has 1 saturated heterocycles. The Balaban J connectivity index is 1.69. The number of hydrogen-bond donors (Lipinski definition) is 2. The summed E-state index contributed by atoms with van der Waals surface area (Å²) in [7, 11) is 0. The van der Waals surface area contributed by atoms with Crippen molar-refractivity contribution in [3.8, 4) is 0 Å². The number of carbonyl (C=O) groups excluding carboxylic acids is 3. The number of benzene rings is 2. The molecule has 7 heteroatoms. The Morgan fingerprint density at radius 3 is 2.58 bits per heavy atom. The Morgan fingerprint density at radius 1 is 1.15 bits per heavy atom. The predicted molar refractivity (Wildman–Crippen MR) is 98.6 cm³/mol. The fraction of sp³-hybridized carbons (Fsp3) is 0.211. The zero-order valence-electron chi connectivity index (χ0n) is 14.2. The van der Waals surface area contributed by atoms with Crippen LogP contribution >= 0.6 is 11.6 Å². The van der Waals surface area contributed by atoms with E-state index in [-0.39, 0.29) is 36.6 Å². The van der Waals surface area contributed by atoms with E-state index in [1.807, 2.05) is 19.1 Å². The molecule has 1 unspecified atom stereocenters. The van der Waals surface area contributed by atoms with Gasteiger partial charge in [-0.05, 0) is 48.9 Å². The predicted octanol–water partition coefficient (Wildman–Crippen LogP) is 2.99. The minimum atomic E-state index is -0.238. The molecule has 1 aliphatic rings. The molecule has 134 valence electrons. The highest BCUT2D eigenvalue weighted by atomic mass is 35.5. The Kier molecular flexibility index (Phi) is 5.23. The first kappa shape index (κ1) is 17.9. The molecule has 0 bridgehead atoms. The normalized spacial score (nSPS) is 15.4. The molecule has 0 saturated carbocycles. The molecular weight excluding hydrogens is 354 g/mol. The summed E-state index contributed by atoms with van der Waals surface area (Å²) >= 11 is 5.98. The van der Waals surface area contributed by atoms with E-state index >= 15 is 0 Å². The second kappa shape index (κ2) is 7.58. The summed E-state index contributed by atoms with van der Waals surface area (Å²) in [6.45, 7) is 1.87. The van der Waals surface area contributed by atoms with Crippen LogP contribution < -0.4 is 15.8 Å². The van der Waals surface area contributed by atoms with Gasteiger partial charge in [0.2, 0.25) is 11.8 Å². The monoisotopic (exact) mass is 371 g/mol. The van der Waals surface area contributed by atoms with Crippen LogP contribution in [0.4, 0.5) is 5.69 Å². The third-order valence-corrected chi connectivity index (χ3v) is 4.37. The summed E-state index contributed by atoms with van der Waals surface area (Å²) in [6, 6.07) is 13.6. The van der Waals surface area contributed by atoms with Gasteiger partial charge in [-0.1, -0.05) is 23.7 Å². The van der Waals surface area contributed by atoms with Gasteiger partial charge in [0.1, 0.15) is 0 Å². The number of hydrogen-bond acceptors (Lipinski definition) is 3. The maximum absolute atomic E-state index is 12.4. The molecule has 0 aromatic heterocycles. The van der Waals surface area contributed by atoms with E-state index in [1.54, 1.807) is 36.4 Å². The zero-order chi connectivity index (χ0) is 18.7. The van der Waals surface area contributed by atoms with Gasteiger partial charge in [-0.25, -0.2) is 5.01 Å². The summed E-state index contributed by atoms with van der Waals surface area (Å²) in [5.41, 5.74) is 4.40. The standard InChI is InChI=1S/C19H18ClN3O3/c1-12(14-3-2-4-15(20)11-14)21-19(26)13-5-7-16(8-6-13)23-18(25)10-9-17(24)22-23/h2-8,11-12H,9-10H2,1H3,(H,21,26)(H,22,24). The first-order chi connectivity index (χ1) is 12.4. The van der Waals surface area contributed by atoms with E-state index < -0.39 is 0 Å². The average molecular weight is 372 g/mol. The minimum absolute atomic E-state index is 0.172. The largest absolute Gasteiger partial charge is 0.346 e. The van der Waals surface area contributed by atoms with Crippen molar-refractivity contribution in [3.63, 3.8) is 0 Å². The van der Waals surface area contributed by atoms with Gasteiger partial charge in [0.05, 0.1) is 11.7 Å². The second-order valence-electron chi connectivity index (χ2n) is 6.06. The van der Waals surface area contributed by atoms with Gasteiger partial charge in [0.25, 0.3) is 5.91 Å². The Hall–Kier alpha value is -2.86. The topological polar surface area (TPSA) is 78.5 Å². The SMILES string of the molecule is CC(NC(=O)c1ccc(N2NC(=O)CCC2=O)cc1)c1cccc(Cl)c1. The van der Waals surface area contributed by atoms with Crippen molar-refractivity contribution in [1.29, 1.82) is 0 Å². The smallest absolute Gasteiger partial charge is 0.251 e. The summed E-state index contributed by atoms with van der Waals surface area (Å²) in [4.78, 5) is 35.8. The second-order valence-corrected chi connectivity index (χ2v) is 6.50. The molecule has 2 N–H and O–H groups in total. The lowest BCUT2D eigenvalue weighted by atomic mass is 10.1. The molecule has 3 amide bonds. The fourth-order valence-electron chi connectivity index (χ4n) is 2.68. The first-order valence-electron chi connectivity index (χ1n) is 8.23. The fourth-order valence-corrected chi connectivity index (χ4v) is 2.88. The van der Waals surface area contributed by atoms with Crippen LogP contribution in [0.5, 0.6) is 0 Å². The zero-order valence-corrected chi connectivity index (χ0v) is 14.9. The van der Waals surface area contributed by atoms with Crippen LogP contribution in [0.25, 0.3) is 0 Å². The summed E-state index contributed by atoms with van der Waals surface area (Å²) < 4.78 is 0. The van der Waals surface area contributed by atoms with Crippen molar-refractivity contribution >= 4 is 35.0 Å². The number of hydrazine groups is 1. The van der Waals surface area contributed by atoms with Crippen LogP contribution in [0.2, 0.25) is 5.02 Å². The lowest BCUT2D eigenvalue weighted by Gasteiger charge is -2.27. The number of anilines is 1. The van der Waals surface area contributed by atoms with E-state index in [2.05, 4.69) is 10.7 Å². The molecule has 2 aromatic rings. The summed E-state index contributed by atoms with van der Waals surface area (Å²) in [5, 5.41) is 4.73. The summed E-state index contributed by atoms with van der Waals surface area (Å²) in [6.07, 6.45) is 0.364. The molecule has 0 aliphatic carbocycles. The van der Waals surface area contributed by atoms with Crippen LogP contribution in [0.3, 0.4) is 0 Å². The van der Waals surface area contributed by atoms with Crippen LogP contribution in [0, 0.1) is 0 Å². The van der Waals surface area contributed by atoms with E-state index in [1.165, 1.54) is 5.01 Å². The highest BCUT2D eigenvalue weighted by Crippen LogP contribution is 2.20. The van der Waals surface area contributed by atoms with Crippen molar-refractivity contribution in [1.82, 2.24) is 10.7 Å². The van der Waals surface area contributed by atoms with Gasteiger partial charge in [-0.15, -0.1) is 0 Å². The van der Waals surface area contributed by atoms with E-state index in [4.69, 9.17) is 11.6 Å². The van der Waals surface area contributed by atoms with Crippen LogP contribution in [-0.4, -0.2) is 17.7 Å². The molecule has 1 heterocycles. The van der Waals surface area contributed by atoms with Gasteiger partial charge in [-0.3, -0.25) is 19.8 Å².